The zero-order valence-electron chi connectivity index (χ0n) is 16.5. The topological polar surface area (TPSA) is 213 Å². The lowest BCUT2D eigenvalue weighted by molar-refractivity contribution is 0.481. The summed E-state index contributed by atoms with van der Waals surface area (Å²) in [5, 5.41) is 5.63. The maximum absolute atomic E-state index is 12.4. The normalized spacial score (nSPS) is 13.7. The molecule has 0 aliphatic carbocycles. The van der Waals surface area contributed by atoms with Crippen LogP contribution in [0.5, 0.6) is 0 Å². The van der Waals surface area contributed by atoms with Crippen molar-refractivity contribution < 1.29 is 38.9 Å². The maximum atomic E-state index is 12.4. The van der Waals surface area contributed by atoms with E-state index in [-0.39, 0.29) is 39.1 Å². The fourth-order valence-corrected chi connectivity index (χ4v) is 5.40. The van der Waals surface area contributed by atoms with Gasteiger partial charge >= 0.3 is 0 Å². The molecule has 0 amide bonds. The van der Waals surface area contributed by atoms with Crippen LogP contribution in [0.3, 0.4) is 0 Å². The van der Waals surface area contributed by atoms with Crippen molar-refractivity contribution in [2.75, 3.05) is 10.6 Å². The van der Waals surface area contributed by atoms with Gasteiger partial charge in [0.1, 0.15) is 10.4 Å². The zero-order chi connectivity index (χ0) is 24.6. The van der Waals surface area contributed by atoms with Gasteiger partial charge in [0, 0.05) is 0 Å². The molecule has 0 atom stereocenters. The van der Waals surface area contributed by atoms with Crippen LogP contribution >= 0.6 is 0 Å². The monoisotopic (exact) mass is 524 g/mol. The van der Waals surface area contributed by atoms with Crippen LogP contribution in [-0.4, -0.2) is 48.9 Å². The van der Waals surface area contributed by atoms with Crippen LogP contribution in [0.2, 0.25) is 0 Å². The number of anilines is 4. The molecule has 0 bridgehead atoms. The van der Waals surface area contributed by atoms with Gasteiger partial charge in [-0.25, -0.2) is 9.97 Å². The number of aromatic nitrogens is 2. The molecule has 2 heterocycles. The first-order valence-corrected chi connectivity index (χ1v) is 13.4. The molecule has 176 valence electrons. The molecule has 5 N–H and O–H groups in total. The Bertz CT molecular complexity index is 1890. The summed E-state index contributed by atoms with van der Waals surface area (Å²) in [6.07, 6.45) is 0. The van der Waals surface area contributed by atoms with Crippen molar-refractivity contribution in [2.45, 2.75) is 14.7 Å². The Hall–Kier alpha value is -3.41. The third-order valence-electron chi connectivity index (χ3n) is 5.03. The first-order chi connectivity index (χ1) is 15.7. The Balaban J connectivity index is 1.80. The first-order valence-electron chi connectivity index (χ1n) is 9.11. The van der Waals surface area contributed by atoms with Crippen molar-refractivity contribution in [2.24, 2.45) is 0 Å². The molecular weight excluding hydrogens is 512 g/mol. The van der Waals surface area contributed by atoms with Crippen molar-refractivity contribution in [3.05, 3.63) is 42.5 Å². The van der Waals surface area contributed by atoms with Crippen LogP contribution in [0.15, 0.2) is 57.2 Å². The summed E-state index contributed by atoms with van der Waals surface area (Å²) in [5.41, 5.74) is 0.218. The number of nitrogens with zero attached hydrogens (tertiary/aromatic N) is 2. The van der Waals surface area contributed by atoms with E-state index in [0.717, 1.165) is 24.3 Å². The molecule has 0 saturated carbocycles. The molecule has 0 fully saturated rings. The molecule has 0 saturated heterocycles. The SMILES string of the molecule is O=S(=O)(O)c1ccc2c(c1)Nc1c(cc3nc4cc(S(=O)(=O)O)ccc4nc3c1S(=O)(=O)O)N2. The molecule has 13 nitrogen and oxygen atoms in total. The van der Waals surface area contributed by atoms with Crippen LogP contribution in [0.25, 0.3) is 22.1 Å². The highest BCUT2D eigenvalue weighted by atomic mass is 32.2. The van der Waals surface area contributed by atoms with E-state index in [1.165, 1.54) is 18.2 Å². The lowest BCUT2D eigenvalue weighted by Gasteiger charge is -2.25. The Morgan fingerprint density at radius 2 is 1.24 bits per heavy atom. The quantitative estimate of drug-likeness (QED) is 0.169. The van der Waals surface area contributed by atoms with E-state index in [2.05, 4.69) is 20.6 Å². The summed E-state index contributed by atoms with van der Waals surface area (Å²) in [5.74, 6) is 0. The number of benzene rings is 3. The molecular formula is C18H12N4O9S3. The van der Waals surface area contributed by atoms with Gasteiger partial charge in [-0.05, 0) is 42.5 Å². The second kappa shape index (κ2) is 7.05. The van der Waals surface area contributed by atoms with E-state index >= 15 is 0 Å². The molecule has 1 aliphatic heterocycles. The summed E-state index contributed by atoms with van der Waals surface area (Å²) in [6.45, 7) is 0. The van der Waals surface area contributed by atoms with E-state index in [1.54, 1.807) is 0 Å². The second-order valence-electron chi connectivity index (χ2n) is 7.25. The van der Waals surface area contributed by atoms with E-state index in [9.17, 15) is 38.9 Å². The minimum absolute atomic E-state index is 0.0290. The predicted octanol–water partition coefficient (Wildman–Crippen LogP) is 2.32. The largest absolute Gasteiger partial charge is 0.352 e. The van der Waals surface area contributed by atoms with Crippen molar-refractivity contribution in [1.29, 1.82) is 0 Å². The number of nitrogens with one attached hydrogen (secondary N) is 2. The fourth-order valence-electron chi connectivity index (χ4n) is 3.58. The second-order valence-corrected chi connectivity index (χ2v) is 11.5. The Kier molecular flexibility index (Phi) is 4.64. The van der Waals surface area contributed by atoms with Crippen molar-refractivity contribution in [3.63, 3.8) is 0 Å². The fraction of sp³-hybridized carbons (Fsp3) is 0. The van der Waals surface area contributed by atoms with E-state index in [4.69, 9.17) is 0 Å². The average molecular weight is 525 g/mol. The van der Waals surface area contributed by atoms with Gasteiger partial charge in [-0.3, -0.25) is 13.7 Å². The summed E-state index contributed by atoms with van der Waals surface area (Å²) in [7, 11) is -14.0. The van der Waals surface area contributed by atoms with Crippen molar-refractivity contribution in [3.8, 4) is 0 Å². The van der Waals surface area contributed by atoms with Gasteiger partial charge in [-0.1, -0.05) is 0 Å². The lowest BCUT2D eigenvalue weighted by atomic mass is 10.1. The standard InChI is InChI=1S/C18H12N4O9S3/c23-32(24,25)8-2-4-11-12(5-8)20-15-7-14-17(18(16(15)21-11)34(29,30)31)22-13-6-9(33(26,27)28)1-3-10(13)19-14/h1-7,19,22H,(H,23,24,25)(H,26,27,28)(H,29,30,31). The van der Waals surface area contributed by atoms with Crippen LogP contribution < -0.4 is 10.6 Å². The van der Waals surface area contributed by atoms with Crippen molar-refractivity contribution >= 4 is 75.2 Å². The molecule has 16 heteroatoms. The summed E-state index contributed by atoms with van der Waals surface area (Å²) >= 11 is 0. The minimum atomic E-state index is -4.92. The molecule has 4 aromatic rings. The van der Waals surface area contributed by atoms with E-state index in [1.807, 2.05) is 0 Å². The van der Waals surface area contributed by atoms with Gasteiger partial charge in [0.25, 0.3) is 30.4 Å². The Labute approximate surface area is 191 Å². The average Bonchev–Trinajstić information content (AvgIpc) is 2.71. The molecule has 0 unspecified atom stereocenters. The molecule has 0 radical (unpaired) electrons. The number of hydrogen-bond acceptors (Lipinski definition) is 10. The first kappa shape index (κ1) is 22.4. The van der Waals surface area contributed by atoms with Crippen molar-refractivity contribution in [1.82, 2.24) is 9.97 Å². The third kappa shape index (κ3) is 3.71. The lowest BCUT2D eigenvalue weighted by Crippen LogP contribution is -2.13. The van der Waals surface area contributed by atoms with Gasteiger partial charge in [-0.2, -0.15) is 25.3 Å². The van der Waals surface area contributed by atoms with Crippen LogP contribution in [0.1, 0.15) is 0 Å². The van der Waals surface area contributed by atoms with E-state index in [0.29, 0.717) is 5.69 Å². The maximum Gasteiger partial charge on any atom is 0.298 e. The van der Waals surface area contributed by atoms with Gasteiger partial charge in [0.05, 0.1) is 49.1 Å². The highest BCUT2D eigenvalue weighted by Gasteiger charge is 2.29. The van der Waals surface area contributed by atoms with Gasteiger partial charge in [0.2, 0.25) is 0 Å². The molecule has 3 aromatic carbocycles. The van der Waals surface area contributed by atoms with E-state index < -0.39 is 45.0 Å². The third-order valence-corrected chi connectivity index (χ3v) is 7.64. The highest BCUT2D eigenvalue weighted by Crippen LogP contribution is 2.45. The summed E-state index contributed by atoms with van der Waals surface area (Å²) < 4.78 is 99.1. The zero-order valence-corrected chi connectivity index (χ0v) is 18.9. The van der Waals surface area contributed by atoms with Gasteiger partial charge in [-0.15, -0.1) is 0 Å². The smallest absolute Gasteiger partial charge is 0.298 e. The summed E-state index contributed by atoms with van der Waals surface area (Å²) in [6, 6.07) is 8.23. The van der Waals surface area contributed by atoms with Crippen LogP contribution in [-0.2, 0) is 30.4 Å². The number of fused-ring (bicyclic) bond motifs is 4. The molecule has 0 spiro atoms. The molecule has 1 aliphatic rings. The summed E-state index contributed by atoms with van der Waals surface area (Å²) in [4.78, 5) is 6.90. The number of hydrogen-bond donors (Lipinski definition) is 5. The number of rotatable bonds is 3. The molecule has 34 heavy (non-hydrogen) atoms. The highest BCUT2D eigenvalue weighted by molar-refractivity contribution is 7.86. The minimum Gasteiger partial charge on any atom is -0.352 e. The van der Waals surface area contributed by atoms with Crippen LogP contribution in [0, 0.1) is 0 Å². The molecule has 1 aromatic heterocycles. The Morgan fingerprint density at radius 3 is 1.88 bits per heavy atom. The van der Waals surface area contributed by atoms with Gasteiger partial charge in [0.15, 0.2) is 0 Å². The molecule has 5 rings (SSSR count). The van der Waals surface area contributed by atoms with Gasteiger partial charge < -0.3 is 10.6 Å². The Morgan fingerprint density at radius 1 is 0.588 bits per heavy atom. The predicted molar refractivity (Wildman–Crippen MR) is 119 cm³/mol. The van der Waals surface area contributed by atoms with Crippen LogP contribution in [0.4, 0.5) is 22.7 Å².